The zero-order valence-electron chi connectivity index (χ0n) is 23.6. The van der Waals surface area contributed by atoms with Gasteiger partial charge in [-0.15, -0.1) is 11.3 Å². The first-order valence-electron chi connectivity index (χ1n) is 13.1. The lowest BCUT2D eigenvalue weighted by Gasteiger charge is -2.23. The molecule has 0 bridgehead atoms. The highest BCUT2D eigenvalue weighted by molar-refractivity contribution is 7.14. The fraction of sp³-hybridized carbons (Fsp3) is 0.182. The van der Waals surface area contributed by atoms with Gasteiger partial charge in [0.05, 0.1) is 35.0 Å². The molecule has 0 aliphatic carbocycles. The summed E-state index contributed by atoms with van der Waals surface area (Å²) >= 11 is 1.73. The van der Waals surface area contributed by atoms with Crippen molar-refractivity contribution in [2.45, 2.75) is 34.6 Å². The highest BCUT2D eigenvalue weighted by Gasteiger charge is 2.19. The summed E-state index contributed by atoms with van der Waals surface area (Å²) in [5.41, 5.74) is 10.4. The average Bonchev–Trinajstić information content (AvgIpc) is 3.65. The van der Waals surface area contributed by atoms with Crippen molar-refractivity contribution in [1.29, 1.82) is 0 Å². The topological polar surface area (TPSA) is 82.3 Å². The van der Waals surface area contributed by atoms with E-state index in [4.69, 9.17) is 0 Å². The van der Waals surface area contributed by atoms with Crippen LogP contribution >= 0.6 is 11.3 Å². The van der Waals surface area contributed by atoms with Crippen molar-refractivity contribution in [3.63, 3.8) is 0 Å². The number of nitrogens with one attached hydrogen (secondary N) is 3. The molecule has 5 aromatic heterocycles. The Morgan fingerprint density at radius 3 is 2.52 bits per heavy atom. The van der Waals surface area contributed by atoms with Crippen LogP contribution in [0.2, 0.25) is 0 Å². The lowest BCUT2D eigenvalue weighted by atomic mass is 9.93. The Bertz CT molecular complexity index is 1790. The van der Waals surface area contributed by atoms with E-state index >= 15 is 0 Å². The minimum Gasteiger partial charge on any atom is -0.358 e. The Labute approximate surface area is 239 Å². The fourth-order valence-corrected chi connectivity index (χ4v) is 5.36. The third-order valence-corrected chi connectivity index (χ3v) is 8.10. The molecular formula is C33H34N6S. The molecular weight excluding hydrogens is 512 g/mol. The molecule has 0 aromatic carbocycles. The first-order valence-corrected chi connectivity index (χ1v) is 13.9. The van der Waals surface area contributed by atoms with Crippen LogP contribution in [0.25, 0.3) is 44.7 Å². The zero-order valence-corrected chi connectivity index (χ0v) is 24.5. The second-order valence-corrected chi connectivity index (χ2v) is 12.1. The number of aromatic amines is 2. The minimum absolute atomic E-state index is 0.0665. The molecule has 0 spiro atoms. The number of allylic oxidation sites excluding steroid dienone is 4. The molecule has 0 atom stereocenters. The summed E-state index contributed by atoms with van der Waals surface area (Å²) in [4.78, 5) is 15.0. The molecule has 0 fully saturated rings. The van der Waals surface area contributed by atoms with Crippen LogP contribution < -0.4 is 5.32 Å². The number of aromatic nitrogens is 5. The molecule has 0 saturated carbocycles. The van der Waals surface area contributed by atoms with Crippen molar-refractivity contribution < 1.29 is 0 Å². The Morgan fingerprint density at radius 2 is 1.82 bits per heavy atom. The molecule has 6 nitrogen and oxygen atoms in total. The van der Waals surface area contributed by atoms with Gasteiger partial charge in [0, 0.05) is 54.8 Å². The van der Waals surface area contributed by atoms with E-state index in [0.29, 0.717) is 0 Å². The van der Waals surface area contributed by atoms with Gasteiger partial charge in [-0.05, 0) is 49.8 Å². The number of pyridine rings is 2. The van der Waals surface area contributed by atoms with Crippen LogP contribution in [0.15, 0.2) is 86.5 Å². The molecule has 0 radical (unpaired) electrons. The predicted octanol–water partition coefficient (Wildman–Crippen LogP) is 9.01. The summed E-state index contributed by atoms with van der Waals surface area (Å²) < 4.78 is 0. The molecule has 0 unspecified atom stereocenters. The van der Waals surface area contributed by atoms with Gasteiger partial charge in [-0.3, -0.25) is 15.1 Å². The summed E-state index contributed by atoms with van der Waals surface area (Å²) in [7, 11) is 0. The number of hydrogen-bond acceptors (Lipinski definition) is 5. The average molecular weight is 547 g/mol. The number of H-pyrrole nitrogens is 2. The number of fused-ring (bicyclic) bond motifs is 1. The molecule has 0 saturated heterocycles. The van der Waals surface area contributed by atoms with Crippen LogP contribution in [0.3, 0.4) is 0 Å². The third kappa shape index (κ3) is 5.33. The van der Waals surface area contributed by atoms with Crippen LogP contribution in [-0.4, -0.2) is 25.1 Å². The van der Waals surface area contributed by atoms with Crippen LogP contribution in [0.5, 0.6) is 0 Å². The van der Waals surface area contributed by atoms with Gasteiger partial charge in [0.25, 0.3) is 0 Å². The fourth-order valence-electron chi connectivity index (χ4n) is 4.39. The van der Waals surface area contributed by atoms with E-state index < -0.39 is 0 Å². The summed E-state index contributed by atoms with van der Waals surface area (Å²) in [5.74, 6) is 0. The Hall–Kier alpha value is -4.49. The van der Waals surface area contributed by atoms with Gasteiger partial charge in [-0.1, -0.05) is 52.7 Å². The van der Waals surface area contributed by atoms with Gasteiger partial charge in [-0.2, -0.15) is 5.10 Å². The van der Waals surface area contributed by atoms with Gasteiger partial charge in [0.1, 0.15) is 5.69 Å². The Kier molecular flexibility index (Phi) is 7.17. The quantitative estimate of drug-likeness (QED) is 0.170. The van der Waals surface area contributed by atoms with Gasteiger partial charge in [-0.25, -0.2) is 0 Å². The molecule has 0 aliphatic rings. The molecule has 3 N–H and O–H groups in total. The monoisotopic (exact) mass is 546 g/mol. The van der Waals surface area contributed by atoms with E-state index in [0.717, 1.165) is 67.3 Å². The van der Waals surface area contributed by atoms with Crippen LogP contribution in [0, 0.1) is 12.3 Å². The van der Waals surface area contributed by atoms with E-state index in [1.807, 2.05) is 31.5 Å². The number of aryl methyl sites for hydroxylation is 1. The highest BCUT2D eigenvalue weighted by atomic mass is 32.1. The van der Waals surface area contributed by atoms with E-state index in [1.54, 1.807) is 17.5 Å². The molecule has 0 amide bonds. The van der Waals surface area contributed by atoms with Crippen molar-refractivity contribution in [3.8, 4) is 22.6 Å². The van der Waals surface area contributed by atoms with Crippen molar-refractivity contribution >= 4 is 39.1 Å². The summed E-state index contributed by atoms with van der Waals surface area (Å²) in [6.45, 7) is 22.7. The SMILES string of the molecule is C=C/C=C(/c1ccc(C(=C)C)s1)c1cc(-c2n[nH]c3cnc(-c4cncc(NC(=C)C(C)(C)C)c4)cc23)[nH]c1C. The zero-order chi connectivity index (χ0) is 28.6. The number of thiophene rings is 1. The molecule has 5 aromatic rings. The Morgan fingerprint density at radius 1 is 1.05 bits per heavy atom. The largest absolute Gasteiger partial charge is 0.358 e. The molecule has 7 heteroatoms. The Balaban J connectivity index is 1.52. The smallest absolute Gasteiger partial charge is 0.116 e. The number of rotatable bonds is 8. The third-order valence-electron chi connectivity index (χ3n) is 6.82. The molecule has 0 aliphatic heterocycles. The highest BCUT2D eigenvalue weighted by Crippen LogP contribution is 2.37. The molecule has 5 rings (SSSR count). The second-order valence-electron chi connectivity index (χ2n) is 11.0. The van der Waals surface area contributed by atoms with E-state index in [1.165, 1.54) is 9.75 Å². The number of nitrogens with zero attached hydrogens (tertiary/aromatic N) is 3. The van der Waals surface area contributed by atoms with Gasteiger partial charge < -0.3 is 10.3 Å². The maximum atomic E-state index is 4.69. The van der Waals surface area contributed by atoms with Gasteiger partial charge in [0.2, 0.25) is 0 Å². The lowest BCUT2D eigenvalue weighted by Crippen LogP contribution is -2.15. The summed E-state index contributed by atoms with van der Waals surface area (Å²) in [5, 5.41) is 12.2. The van der Waals surface area contributed by atoms with Crippen molar-refractivity contribution in [2.75, 3.05) is 5.32 Å². The van der Waals surface area contributed by atoms with Crippen molar-refractivity contribution in [2.24, 2.45) is 5.41 Å². The summed E-state index contributed by atoms with van der Waals surface area (Å²) in [6, 6.07) is 10.5. The van der Waals surface area contributed by atoms with Crippen LogP contribution in [-0.2, 0) is 0 Å². The summed E-state index contributed by atoms with van der Waals surface area (Å²) in [6.07, 6.45) is 9.33. The minimum atomic E-state index is -0.0665. The first-order chi connectivity index (χ1) is 19.0. The maximum absolute atomic E-state index is 4.69. The van der Waals surface area contributed by atoms with E-state index in [9.17, 15) is 0 Å². The van der Waals surface area contributed by atoms with Crippen LogP contribution in [0.1, 0.15) is 48.7 Å². The maximum Gasteiger partial charge on any atom is 0.116 e. The van der Waals surface area contributed by atoms with Crippen molar-refractivity contribution in [1.82, 2.24) is 25.1 Å². The van der Waals surface area contributed by atoms with Crippen LogP contribution in [0.4, 0.5) is 5.69 Å². The molecule has 5 heterocycles. The van der Waals surface area contributed by atoms with Crippen molar-refractivity contribution in [3.05, 3.63) is 108 Å². The first kappa shape index (κ1) is 27.1. The van der Waals surface area contributed by atoms with Gasteiger partial charge in [0.15, 0.2) is 0 Å². The molecule has 202 valence electrons. The normalized spacial score (nSPS) is 12.1. The number of anilines is 1. The van der Waals surface area contributed by atoms with E-state index in [2.05, 4.69) is 108 Å². The lowest BCUT2D eigenvalue weighted by molar-refractivity contribution is 0.509. The van der Waals surface area contributed by atoms with Gasteiger partial charge >= 0.3 is 0 Å². The molecule has 40 heavy (non-hydrogen) atoms. The standard InChI is InChI=1S/C33H34N6S/c1-9-10-24(31-12-11-30(40-31)19(2)3)25-14-28(36-20(25)4)32-26-15-27(35-18-29(26)38-39-32)22-13-23(17-34-16-22)37-21(5)33(6,7)8/h9-18,36-37H,1-2,5H2,3-4,6-8H3,(H,38,39)/b24-10+. The van der Waals surface area contributed by atoms with E-state index in [-0.39, 0.29) is 5.41 Å². The second kappa shape index (κ2) is 10.6. The number of hydrogen-bond donors (Lipinski definition) is 3. The predicted molar refractivity (Wildman–Crippen MR) is 170 cm³/mol.